The fraction of sp³-hybridized carbons (Fsp3) is 0.500. The van der Waals surface area contributed by atoms with Crippen LogP contribution in [0.2, 0.25) is 0 Å². The SMILES string of the molecule is Cc1ccccc1CC(C)(CO)CO. The summed E-state index contributed by atoms with van der Waals surface area (Å²) >= 11 is 0. The van der Waals surface area contributed by atoms with Gasteiger partial charge in [0.2, 0.25) is 0 Å². The third-order valence-electron chi connectivity index (χ3n) is 2.64. The molecule has 0 saturated carbocycles. The fourth-order valence-corrected chi connectivity index (χ4v) is 1.43. The molecule has 0 amide bonds. The zero-order chi connectivity index (χ0) is 10.6. The molecule has 0 saturated heterocycles. The van der Waals surface area contributed by atoms with Crippen LogP contribution in [0.1, 0.15) is 18.1 Å². The standard InChI is InChI=1S/C12H18O2/c1-10-5-3-4-6-11(10)7-12(2,8-13)9-14/h3-6,13-14H,7-9H2,1-2H3. The summed E-state index contributed by atoms with van der Waals surface area (Å²) in [6, 6.07) is 8.06. The second-order valence-corrected chi connectivity index (χ2v) is 4.23. The quantitative estimate of drug-likeness (QED) is 0.763. The molecule has 0 aliphatic rings. The number of rotatable bonds is 4. The number of aryl methyl sites for hydroxylation is 1. The Labute approximate surface area is 85.2 Å². The zero-order valence-electron chi connectivity index (χ0n) is 8.83. The highest BCUT2D eigenvalue weighted by atomic mass is 16.3. The van der Waals surface area contributed by atoms with E-state index in [0.717, 1.165) is 0 Å². The van der Waals surface area contributed by atoms with Gasteiger partial charge >= 0.3 is 0 Å². The van der Waals surface area contributed by atoms with Gasteiger partial charge in [0.15, 0.2) is 0 Å². The molecule has 2 heteroatoms. The molecule has 2 nitrogen and oxygen atoms in total. The molecule has 14 heavy (non-hydrogen) atoms. The molecular formula is C12H18O2. The summed E-state index contributed by atoms with van der Waals surface area (Å²) in [6.45, 7) is 3.96. The average molecular weight is 194 g/mol. The normalized spacial score (nSPS) is 11.7. The molecule has 0 atom stereocenters. The summed E-state index contributed by atoms with van der Waals surface area (Å²) in [5, 5.41) is 18.4. The molecule has 1 rings (SSSR count). The summed E-state index contributed by atoms with van der Waals surface area (Å²) in [5.74, 6) is 0. The highest BCUT2D eigenvalue weighted by molar-refractivity contribution is 5.26. The number of hydrogen-bond donors (Lipinski definition) is 2. The molecule has 0 aromatic heterocycles. The molecule has 1 aromatic rings. The monoisotopic (exact) mass is 194 g/mol. The van der Waals surface area contributed by atoms with Gasteiger partial charge in [-0.15, -0.1) is 0 Å². The topological polar surface area (TPSA) is 40.5 Å². The first-order valence-electron chi connectivity index (χ1n) is 4.87. The first-order valence-corrected chi connectivity index (χ1v) is 4.87. The van der Waals surface area contributed by atoms with E-state index in [-0.39, 0.29) is 13.2 Å². The second-order valence-electron chi connectivity index (χ2n) is 4.23. The molecule has 0 heterocycles. The van der Waals surface area contributed by atoms with Crippen molar-refractivity contribution in [2.24, 2.45) is 5.41 Å². The Morgan fingerprint density at radius 1 is 1.14 bits per heavy atom. The van der Waals surface area contributed by atoms with E-state index in [1.54, 1.807) is 0 Å². The van der Waals surface area contributed by atoms with Crippen molar-refractivity contribution in [1.29, 1.82) is 0 Å². The maximum Gasteiger partial charge on any atom is 0.0509 e. The number of aliphatic hydroxyl groups excluding tert-OH is 2. The lowest BCUT2D eigenvalue weighted by molar-refractivity contribution is 0.0703. The molecule has 0 aliphatic carbocycles. The molecule has 0 bridgehead atoms. The fourth-order valence-electron chi connectivity index (χ4n) is 1.43. The van der Waals surface area contributed by atoms with E-state index >= 15 is 0 Å². The summed E-state index contributed by atoms with van der Waals surface area (Å²) in [7, 11) is 0. The highest BCUT2D eigenvalue weighted by Crippen LogP contribution is 2.22. The van der Waals surface area contributed by atoms with Crippen LogP contribution in [-0.2, 0) is 6.42 Å². The first kappa shape index (κ1) is 11.2. The van der Waals surface area contributed by atoms with E-state index in [1.807, 2.05) is 38.1 Å². The minimum Gasteiger partial charge on any atom is -0.396 e. The van der Waals surface area contributed by atoms with E-state index < -0.39 is 5.41 Å². The first-order chi connectivity index (χ1) is 6.61. The summed E-state index contributed by atoms with van der Waals surface area (Å²) in [5.41, 5.74) is 1.99. The van der Waals surface area contributed by atoms with Crippen molar-refractivity contribution in [2.75, 3.05) is 13.2 Å². The third kappa shape index (κ3) is 2.56. The largest absolute Gasteiger partial charge is 0.396 e. The van der Waals surface area contributed by atoms with Gasteiger partial charge in [-0.05, 0) is 24.5 Å². The lowest BCUT2D eigenvalue weighted by atomic mass is 9.84. The van der Waals surface area contributed by atoms with Crippen molar-refractivity contribution in [3.05, 3.63) is 35.4 Å². The zero-order valence-corrected chi connectivity index (χ0v) is 8.83. The minimum absolute atomic E-state index is 0.0117. The Morgan fingerprint density at radius 2 is 1.71 bits per heavy atom. The average Bonchev–Trinajstić information content (AvgIpc) is 2.21. The third-order valence-corrected chi connectivity index (χ3v) is 2.64. The number of aliphatic hydroxyl groups is 2. The molecule has 0 aliphatic heterocycles. The Morgan fingerprint density at radius 3 is 2.21 bits per heavy atom. The van der Waals surface area contributed by atoms with Crippen molar-refractivity contribution >= 4 is 0 Å². The van der Waals surface area contributed by atoms with Crippen molar-refractivity contribution < 1.29 is 10.2 Å². The van der Waals surface area contributed by atoms with Crippen molar-refractivity contribution in [2.45, 2.75) is 20.3 Å². The van der Waals surface area contributed by atoms with Crippen LogP contribution in [0.5, 0.6) is 0 Å². The van der Waals surface area contributed by atoms with Crippen molar-refractivity contribution in [1.82, 2.24) is 0 Å². The van der Waals surface area contributed by atoms with Gasteiger partial charge in [-0.2, -0.15) is 0 Å². The number of benzene rings is 1. The van der Waals surface area contributed by atoms with E-state index in [2.05, 4.69) is 0 Å². The lowest BCUT2D eigenvalue weighted by Gasteiger charge is -2.25. The Kier molecular flexibility index (Phi) is 3.67. The Balaban J connectivity index is 2.82. The van der Waals surface area contributed by atoms with Gasteiger partial charge in [-0.25, -0.2) is 0 Å². The molecule has 0 unspecified atom stereocenters. The van der Waals surface area contributed by atoms with Crippen LogP contribution in [-0.4, -0.2) is 23.4 Å². The Bertz CT molecular complexity index is 290. The molecular weight excluding hydrogens is 176 g/mol. The smallest absolute Gasteiger partial charge is 0.0509 e. The molecule has 78 valence electrons. The van der Waals surface area contributed by atoms with E-state index in [4.69, 9.17) is 0 Å². The molecule has 0 spiro atoms. The number of hydrogen-bond acceptors (Lipinski definition) is 2. The maximum absolute atomic E-state index is 9.18. The predicted octanol–water partition coefficient (Wildman–Crippen LogP) is 1.53. The molecule has 1 aromatic carbocycles. The van der Waals surface area contributed by atoms with Crippen LogP contribution < -0.4 is 0 Å². The van der Waals surface area contributed by atoms with Crippen molar-refractivity contribution in [3.63, 3.8) is 0 Å². The lowest BCUT2D eigenvalue weighted by Crippen LogP contribution is -2.28. The highest BCUT2D eigenvalue weighted by Gasteiger charge is 2.23. The van der Waals surface area contributed by atoms with E-state index in [1.165, 1.54) is 11.1 Å². The van der Waals surface area contributed by atoms with Crippen molar-refractivity contribution in [3.8, 4) is 0 Å². The minimum atomic E-state index is -0.411. The summed E-state index contributed by atoms with van der Waals surface area (Å²) in [4.78, 5) is 0. The van der Waals surface area contributed by atoms with Gasteiger partial charge in [0.05, 0.1) is 13.2 Å². The Hall–Kier alpha value is -0.860. The van der Waals surface area contributed by atoms with Crippen LogP contribution in [0, 0.1) is 12.3 Å². The van der Waals surface area contributed by atoms with Crippen LogP contribution in [0.3, 0.4) is 0 Å². The van der Waals surface area contributed by atoms with Crippen LogP contribution in [0.15, 0.2) is 24.3 Å². The van der Waals surface area contributed by atoms with Crippen LogP contribution >= 0.6 is 0 Å². The van der Waals surface area contributed by atoms with E-state index in [9.17, 15) is 10.2 Å². The van der Waals surface area contributed by atoms with Gasteiger partial charge in [0.1, 0.15) is 0 Å². The summed E-state index contributed by atoms with van der Waals surface area (Å²) in [6.07, 6.45) is 0.715. The van der Waals surface area contributed by atoms with Gasteiger partial charge < -0.3 is 10.2 Å². The van der Waals surface area contributed by atoms with Gasteiger partial charge in [0.25, 0.3) is 0 Å². The van der Waals surface area contributed by atoms with Gasteiger partial charge in [0, 0.05) is 5.41 Å². The molecule has 0 fully saturated rings. The van der Waals surface area contributed by atoms with Gasteiger partial charge in [-0.1, -0.05) is 31.2 Å². The van der Waals surface area contributed by atoms with E-state index in [0.29, 0.717) is 6.42 Å². The molecule has 0 radical (unpaired) electrons. The second kappa shape index (κ2) is 4.58. The molecule has 2 N–H and O–H groups in total. The van der Waals surface area contributed by atoms with Crippen LogP contribution in [0.25, 0.3) is 0 Å². The van der Waals surface area contributed by atoms with Crippen LogP contribution in [0.4, 0.5) is 0 Å². The summed E-state index contributed by atoms with van der Waals surface area (Å²) < 4.78 is 0. The predicted molar refractivity (Wildman–Crippen MR) is 57.2 cm³/mol. The maximum atomic E-state index is 9.18. The van der Waals surface area contributed by atoms with Gasteiger partial charge in [-0.3, -0.25) is 0 Å².